The molecule has 0 aliphatic heterocycles. The van der Waals surface area contributed by atoms with Gasteiger partial charge in [0.25, 0.3) is 0 Å². The summed E-state index contributed by atoms with van der Waals surface area (Å²) in [6.07, 6.45) is 0.193. The first kappa shape index (κ1) is 11.4. The van der Waals surface area contributed by atoms with Gasteiger partial charge in [-0.25, -0.2) is 4.79 Å². The van der Waals surface area contributed by atoms with E-state index in [2.05, 4.69) is 9.72 Å². The minimum Gasteiger partial charge on any atom is -0.465 e. The number of nitrogen functional groups attached to an aromatic ring is 1. The molecule has 0 atom stereocenters. The second kappa shape index (κ2) is 4.74. The van der Waals surface area contributed by atoms with Gasteiger partial charge in [-0.2, -0.15) is 4.98 Å². The number of hydrogen-bond acceptors (Lipinski definition) is 7. The summed E-state index contributed by atoms with van der Waals surface area (Å²) in [5.41, 5.74) is 5.40. The van der Waals surface area contributed by atoms with E-state index in [1.165, 1.54) is 7.11 Å². The van der Waals surface area contributed by atoms with E-state index in [4.69, 9.17) is 10.5 Å². The number of carbonyl (C=O) groups excluding carboxylic acids is 2. The molecular formula is C8H10N2O4S. The summed E-state index contributed by atoms with van der Waals surface area (Å²) < 4.78 is 9.31. The zero-order chi connectivity index (χ0) is 11.4. The molecule has 0 aromatic carbocycles. The molecule has 0 aliphatic rings. The highest BCUT2D eigenvalue weighted by Gasteiger charge is 2.20. The van der Waals surface area contributed by atoms with Crippen LogP contribution in [0.4, 0.5) is 5.13 Å². The van der Waals surface area contributed by atoms with Crippen LogP contribution in [0.3, 0.4) is 0 Å². The van der Waals surface area contributed by atoms with Crippen LogP contribution in [-0.2, 0) is 9.53 Å². The fraction of sp³-hybridized carbons (Fsp3) is 0.375. The molecule has 1 aromatic rings. The molecule has 0 saturated carbocycles. The number of thiazole rings is 1. The molecule has 1 rings (SSSR count). The van der Waals surface area contributed by atoms with Crippen molar-refractivity contribution in [2.45, 2.75) is 13.3 Å². The molecule has 0 bridgehead atoms. The lowest BCUT2D eigenvalue weighted by molar-refractivity contribution is -0.134. The zero-order valence-electron chi connectivity index (χ0n) is 8.27. The van der Waals surface area contributed by atoms with Crippen molar-refractivity contribution >= 4 is 28.4 Å². The van der Waals surface area contributed by atoms with E-state index in [-0.39, 0.29) is 22.3 Å². The van der Waals surface area contributed by atoms with Gasteiger partial charge in [-0.3, -0.25) is 4.79 Å². The van der Waals surface area contributed by atoms with Crippen LogP contribution in [0.2, 0.25) is 0 Å². The Labute approximate surface area is 90.0 Å². The highest BCUT2D eigenvalue weighted by atomic mass is 32.1. The molecule has 0 radical (unpaired) electrons. The maximum absolute atomic E-state index is 11.2. The number of nitrogens with zero attached hydrogens (tertiary/aromatic N) is 1. The number of ether oxygens (including phenoxy) is 2. The second-order valence-electron chi connectivity index (χ2n) is 2.51. The number of esters is 2. The number of methoxy groups -OCH3 is 1. The molecule has 6 nitrogen and oxygen atoms in total. The van der Waals surface area contributed by atoms with Crippen molar-refractivity contribution in [3.8, 4) is 5.88 Å². The van der Waals surface area contributed by atoms with Crippen LogP contribution < -0.4 is 10.5 Å². The Morgan fingerprint density at radius 2 is 2.20 bits per heavy atom. The third-order valence-corrected chi connectivity index (χ3v) is 2.33. The van der Waals surface area contributed by atoms with Crippen LogP contribution in [-0.4, -0.2) is 24.0 Å². The average molecular weight is 230 g/mol. The summed E-state index contributed by atoms with van der Waals surface area (Å²) in [7, 11) is 1.23. The van der Waals surface area contributed by atoms with Crippen LogP contribution in [0.1, 0.15) is 23.0 Å². The van der Waals surface area contributed by atoms with Crippen LogP contribution in [0.15, 0.2) is 0 Å². The minimum atomic E-state index is -0.622. The molecule has 1 heterocycles. The first-order valence-electron chi connectivity index (χ1n) is 4.13. The minimum absolute atomic E-state index is 0.0869. The van der Waals surface area contributed by atoms with E-state index in [9.17, 15) is 9.59 Å². The Bertz CT molecular complexity index is 388. The van der Waals surface area contributed by atoms with Crippen molar-refractivity contribution in [2.75, 3.05) is 12.8 Å². The summed E-state index contributed by atoms with van der Waals surface area (Å²) in [5.74, 6) is -1.19. The summed E-state index contributed by atoms with van der Waals surface area (Å²) in [6, 6.07) is 0. The van der Waals surface area contributed by atoms with Crippen molar-refractivity contribution < 1.29 is 19.1 Å². The highest BCUT2D eigenvalue weighted by molar-refractivity contribution is 7.17. The fourth-order valence-electron chi connectivity index (χ4n) is 0.793. The third kappa shape index (κ3) is 2.66. The van der Waals surface area contributed by atoms with Gasteiger partial charge < -0.3 is 15.2 Å². The zero-order valence-corrected chi connectivity index (χ0v) is 9.09. The van der Waals surface area contributed by atoms with Crippen molar-refractivity contribution in [3.05, 3.63) is 4.88 Å². The summed E-state index contributed by atoms with van der Waals surface area (Å²) >= 11 is 0.914. The van der Waals surface area contributed by atoms with E-state index in [0.29, 0.717) is 0 Å². The quantitative estimate of drug-likeness (QED) is 0.773. The smallest absolute Gasteiger partial charge is 0.353 e. The number of nitrogens with two attached hydrogens (primary N) is 1. The van der Waals surface area contributed by atoms with E-state index < -0.39 is 11.9 Å². The topological polar surface area (TPSA) is 91.5 Å². The number of anilines is 1. The molecule has 0 spiro atoms. The van der Waals surface area contributed by atoms with Crippen LogP contribution >= 0.6 is 11.3 Å². The lowest BCUT2D eigenvalue weighted by Crippen LogP contribution is -2.09. The Hall–Kier alpha value is -1.63. The van der Waals surface area contributed by atoms with E-state index in [0.717, 1.165) is 11.3 Å². The molecule has 0 amide bonds. The van der Waals surface area contributed by atoms with E-state index in [1.54, 1.807) is 6.92 Å². The normalized spacial score (nSPS) is 9.73. The lowest BCUT2D eigenvalue weighted by Gasteiger charge is -2.00. The van der Waals surface area contributed by atoms with Gasteiger partial charge in [0.15, 0.2) is 10.0 Å². The van der Waals surface area contributed by atoms with Gasteiger partial charge >= 0.3 is 11.9 Å². The van der Waals surface area contributed by atoms with Gasteiger partial charge in [0, 0.05) is 6.42 Å². The molecule has 0 saturated heterocycles. The maximum Gasteiger partial charge on any atom is 0.353 e. The number of rotatable bonds is 3. The molecule has 1 aromatic heterocycles. The average Bonchev–Trinajstić information content (AvgIpc) is 2.58. The standard InChI is InChI=1S/C8H10N2O4S/c1-3-4(11)14-6-5(7(12)13-2)15-8(9)10-6/h3H2,1-2H3,(H2,9,10). The monoisotopic (exact) mass is 230 g/mol. The largest absolute Gasteiger partial charge is 0.465 e. The van der Waals surface area contributed by atoms with Gasteiger partial charge in [-0.15, -0.1) is 0 Å². The van der Waals surface area contributed by atoms with E-state index in [1.807, 2.05) is 0 Å². The Balaban J connectivity index is 2.96. The van der Waals surface area contributed by atoms with Crippen LogP contribution in [0, 0.1) is 0 Å². The predicted octanol–water partition coefficient (Wildman–Crippen LogP) is 0.827. The van der Waals surface area contributed by atoms with Crippen molar-refractivity contribution in [1.29, 1.82) is 0 Å². The Morgan fingerprint density at radius 1 is 1.53 bits per heavy atom. The van der Waals surface area contributed by atoms with Crippen molar-refractivity contribution in [3.63, 3.8) is 0 Å². The van der Waals surface area contributed by atoms with Gasteiger partial charge in [0.05, 0.1) is 7.11 Å². The first-order valence-corrected chi connectivity index (χ1v) is 4.95. The predicted molar refractivity (Wildman–Crippen MR) is 53.8 cm³/mol. The summed E-state index contributed by atoms with van der Waals surface area (Å²) in [4.78, 5) is 26.0. The van der Waals surface area contributed by atoms with Gasteiger partial charge in [0.1, 0.15) is 0 Å². The molecule has 2 N–H and O–H groups in total. The van der Waals surface area contributed by atoms with Gasteiger partial charge in [-0.1, -0.05) is 18.3 Å². The first-order chi connectivity index (χ1) is 7.08. The number of hydrogen-bond donors (Lipinski definition) is 1. The van der Waals surface area contributed by atoms with E-state index >= 15 is 0 Å². The Morgan fingerprint density at radius 3 is 2.73 bits per heavy atom. The summed E-state index contributed by atoms with van der Waals surface area (Å²) in [5, 5.41) is 0.148. The lowest BCUT2D eigenvalue weighted by atomic mass is 10.5. The molecule has 0 fully saturated rings. The fourth-order valence-corrected chi connectivity index (χ4v) is 1.47. The molecule has 0 aliphatic carbocycles. The Kier molecular flexibility index (Phi) is 3.62. The molecular weight excluding hydrogens is 220 g/mol. The van der Waals surface area contributed by atoms with Crippen LogP contribution in [0.25, 0.3) is 0 Å². The number of carbonyl (C=O) groups is 2. The van der Waals surface area contributed by atoms with Crippen LogP contribution in [0.5, 0.6) is 5.88 Å². The molecule has 0 unspecified atom stereocenters. The van der Waals surface area contributed by atoms with Gasteiger partial charge in [-0.05, 0) is 0 Å². The maximum atomic E-state index is 11.2. The summed E-state index contributed by atoms with van der Waals surface area (Å²) in [6.45, 7) is 1.63. The van der Waals surface area contributed by atoms with Crippen molar-refractivity contribution in [2.24, 2.45) is 0 Å². The third-order valence-electron chi connectivity index (χ3n) is 1.48. The second-order valence-corrected chi connectivity index (χ2v) is 3.54. The highest BCUT2D eigenvalue weighted by Crippen LogP contribution is 2.27. The molecule has 82 valence electrons. The number of aromatic nitrogens is 1. The SMILES string of the molecule is CCC(=O)Oc1nc(N)sc1C(=O)OC. The molecule has 7 heteroatoms. The van der Waals surface area contributed by atoms with Crippen molar-refractivity contribution in [1.82, 2.24) is 4.98 Å². The molecule has 15 heavy (non-hydrogen) atoms. The van der Waals surface area contributed by atoms with Gasteiger partial charge in [0.2, 0.25) is 5.88 Å².